The van der Waals surface area contributed by atoms with Gasteiger partial charge in [-0.25, -0.2) is 4.98 Å². The van der Waals surface area contributed by atoms with Crippen molar-refractivity contribution in [1.29, 1.82) is 5.26 Å². The third-order valence-corrected chi connectivity index (χ3v) is 8.88. The number of aromatic nitrogens is 3. The van der Waals surface area contributed by atoms with Crippen LogP contribution >= 0.6 is 0 Å². The van der Waals surface area contributed by atoms with E-state index in [1.54, 1.807) is 0 Å². The van der Waals surface area contributed by atoms with E-state index in [2.05, 4.69) is 107 Å². The van der Waals surface area contributed by atoms with Gasteiger partial charge in [0, 0.05) is 34.1 Å². The molecule has 0 saturated heterocycles. The summed E-state index contributed by atoms with van der Waals surface area (Å²) in [7, 11) is 0. The Morgan fingerprint density at radius 1 is 0.533 bits per heavy atom. The van der Waals surface area contributed by atoms with E-state index >= 15 is 0 Å². The molecule has 45 heavy (non-hydrogen) atoms. The number of nitriles is 1. The van der Waals surface area contributed by atoms with Gasteiger partial charge in [0.2, 0.25) is 0 Å². The predicted molar refractivity (Wildman–Crippen MR) is 184 cm³/mol. The molecule has 6 aromatic carbocycles. The average molecular weight is 573 g/mol. The van der Waals surface area contributed by atoms with Gasteiger partial charge < -0.3 is 0 Å². The molecule has 0 atom stereocenters. The van der Waals surface area contributed by atoms with Crippen LogP contribution in [0.1, 0.15) is 5.56 Å². The van der Waals surface area contributed by atoms with Gasteiger partial charge in [-0.1, -0.05) is 78.9 Å². The number of rotatable bonds is 3. The fraction of sp³-hybridized carbons (Fsp3) is 0. The summed E-state index contributed by atoms with van der Waals surface area (Å²) in [6.07, 6.45) is 3.77. The SMILES string of the molecule is N#Cc1ccc2c(c1)c1cc(-c3c4ccccc4c(-c4cccnc4)c4ccccc34)ccc1n2-c1ccc2ccccc2n1. The minimum absolute atomic E-state index is 0.634. The van der Waals surface area contributed by atoms with Gasteiger partial charge in [-0.05, 0) is 92.8 Å². The van der Waals surface area contributed by atoms with Crippen molar-refractivity contribution in [2.45, 2.75) is 0 Å². The summed E-state index contributed by atoms with van der Waals surface area (Å²) in [5.74, 6) is 0.850. The van der Waals surface area contributed by atoms with Crippen molar-refractivity contribution in [1.82, 2.24) is 14.5 Å². The van der Waals surface area contributed by atoms with E-state index in [1.807, 2.05) is 54.9 Å². The fourth-order valence-electron chi connectivity index (χ4n) is 6.94. The number of hydrogen-bond acceptors (Lipinski definition) is 3. The summed E-state index contributed by atoms with van der Waals surface area (Å²) < 4.78 is 2.21. The minimum atomic E-state index is 0.634. The Morgan fingerprint density at radius 2 is 1.18 bits per heavy atom. The van der Waals surface area contributed by atoms with Crippen LogP contribution in [0.2, 0.25) is 0 Å². The van der Waals surface area contributed by atoms with E-state index in [0.29, 0.717) is 5.56 Å². The molecule has 0 saturated carbocycles. The largest absolute Gasteiger partial charge is 0.294 e. The van der Waals surface area contributed by atoms with Crippen LogP contribution in [0.3, 0.4) is 0 Å². The van der Waals surface area contributed by atoms with E-state index in [4.69, 9.17) is 4.98 Å². The first-order valence-corrected chi connectivity index (χ1v) is 15.0. The summed E-state index contributed by atoms with van der Waals surface area (Å²) in [5.41, 5.74) is 8.26. The monoisotopic (exact) mass is 572 g/mol. The van der Waals surface area contributed by atoms with Gasteiger partial charge in [-0.2, -0.15) is 5.26 Å². The molecule has 0 spiro atoms. The number of pyridine rings is 2. The number of hydrogen-bond donors (Lipinski definition) is 0. The third-order valence-electron chi connectivity index (χ3n) is 8.88. The highest BCUT2D eigenvalue weighted by molar-refractivity contribution is 6.22. The van der Waals surface area contributed by atoms with Crippen molar-refractivity contribution in [3.8, 4) is 34.1 Å². The van der Waals surface area contributed by atoms with Crippen LogP contribution in [-0.4, -0.2) is 14.5 Å². The van der Waals surface area contributed by atoms with E-state index < -0.39 is 0 Å². The third kappa shape index (κ3) is 3.85. The second-order valence-electron chi connectivity index (χ2n) is 11.4. The first kappa shape index (κ1) is 25.2. The second-order valence-corrected chi connectivity index (χ2v) is 11.4. The lowest BCUT2D eigenvalue weighted by Gasteiger charge is -2.17. The predicted octanol–water partition coefficient (Wildman–Crippen LogP) is 10.2. The molecule has 3 aromatic heterocycles. The van der Waals surface area contributed by atoms with E-state index in [-0.39, 0.29) is 0 Å². The molecule has 0 aliphatic heterocycles. The van der Waals surface area contributed by atoms with Gasteiger partial charge in [0.05, 0.1) is 28.2 Å². The van der Waals surface area contributed by atoms with Crippen LogP contribution in [0, 0.1) is 11.3 Å². The molecule has 3 heterocycles. The lowest BCUT2D eigenvalue weighted by molar-refractivity contribution is 1.10. The first-order valence-electron chi connectivity index (χ1n) is 15.0. The topological polar surface area (TPSA) is 54.5 Å². The molecule has 0 aliphatic carbocycles. The zero-order chi connectivity index (χ0) is 29.9. The van der Waals surface area contributed by atoms with E-state index in [1.165, 1.54) is 32.7 Å². The highest BCUT2D eigenvalue weighted by Crippen LogP contribution is 2.44. The number of fused-ring (bicyclic) bond motifs is 6. The Morgan fingerprint density at radius 3 is 1.87 bits per heavy atom. The molecule has 0 aliphatic rings. The molecule has 0 unspecified atom stereocenters. The van der Waals surface area contributed by atoms with Gasteiger partial charge in [-0.15, -0.1) is 0 Å². The minimum Gasteiger partial charge on any atom is -0.294 e. The van der Waals surface area contributed by atoms with Crippen LogP contribution in [0.5, 0.6) is 0 Å². The van der Waals surface area contributed by atoms with Crippen LogP contribution in [-0.2, 0) is 0 Å². The van der Waals surface area contributed by atoms with Crippen molar-refractivity contribution in [3.05, 3.63) is 151 Å². The van der Waals surface area contributed by atoms with E-state index in [0.717, 1.165) is 49.7 Å². The van der Waals surface area contributed by atoms with Crippen LogP contribution in [0.4, 0.5) is 0 Å². The van der Waals surface area contributed by atoms with Crippen molar-refractivity contribution < 1.29 is 0 Å². The molecule has 9 rings (SSSR count). The van der Waals surface area contributed by atoms with Gasteiger partial charge in [0.25, 0.3) is 0 Å². The molecule has 9 aromatic rings. The molecule has 0 amide bonds. The van der Waals surface area contributed by atoms with Crippen molar-refractivity contribution >= 4 is 54.3 Å². The van der Waals surface area contributed by atoms with Crippen LogP contribution in [0.25, 0.3) is 82.3 Å². The van der Waals surface area contributed by atoms with Gasteiger partial charge in [0.1, 0.15) is 5.82 Å². The quantitative estimate of drug-likeness (QED) is 0.198. The molecular weight excluding hydrogens is 548 g/mol. The van der Waals surface area contributed by atoms with Gasteiger partial charge in [0.15, 0.2) is 0 Å². The summed E-state index contributed by atoms with van der Waals surface area (Å²) in [4.78, 5) is 9.50. The molecule has 0 N–H and O–H groups in total. The molecule has 0 radical (unpaired) electrons. The van der Waals surface area contributed by atoms with Crippen molar-refractivity contribution in [3.63, 3.8) is 0 Å². The van der Waals surface area contributed by atoms with Crippen LogP contribution < -0.4 is 0 Å². The Kier molecular flexibility index (Phi) is 5.53. The maximum atomic E-state index is 9.83. The Hall–Kier alpha value is -6.31. The summed E-state index contributed by atoms with van der Waals surface area (Å²) in [5, 5.41) is 17.8. The fourth-order valence-corrected chi connectivity index (χ4v) is 6.94. The molecule has 208 valence electrons. The summed E-state index contributed by atoms with van der Waals surface area (Å²) in [6.45, 7) is 0. The lowest BCUT2D eigenvalue weighted by atomic mass is 9.86. The zero-order valence-corrected chi connectivity index (χ0v) is 24.1. The molecule has 4 heteroatoms. The Balaban J connectivity index is 1.37. The Bertz CT molecular complexity index is 2600. The molecule has 4 nitrogen and oxygen atoms in total. The van der Waals surface area contributed by atoms with Gasteiger partial charge in [-0.3, -0.25) is 9.55 Å². The first-order chi connectivity index (χ1) is 22.3. The molecule has 0 bridgehead atoms. The smallest absolute Gasteiger partial charge is 0.138 e. The maximum Gasteiger partial charge on any atom is 0.138 e. The number of benzene rings is 6. The average Bonchev–Trinajstić information content (AvgIpc) is 3.43. The highest BCUT2D eigenvalue weighted by atomic mass is 15.1. The Labute approximate surface area is 259 Å². The van der Waals surface area contributed by atoms with Crippen LogP contribution in [0.15, 0.2) is 146 Å². The summed E-state index contributed by atoms with van der Waals surface area (Å²) in [6, 6.07) is 48.8. The standard InChI is InChI=1S/C41H24N4/c42-24-26-15-18-37-34(22-26)35-23-28(16-19-38(35)45(37)39-20-17-27-8-1-6-14-36(27)44-39)40-30-10-2-4-12-32(30)41(29-9-7-21-43-25-29)33-13-5-3-11-31(33)40/h1-23,25H. The number of nitrogens with zero attached hydrogens (tertiary/aromatic N) is 4. The molecule has 0 fully saturated rings. The molecular formula is C41H24N4. The van der Waals surface area contributed by atoms with Crippen molar-refractivity contribution in [2.75, 3.05) is 0 Å². The normalized spacial score (nSPS) is 11.5. The summed E-state index contributed by atoms with van der Waals surface area (Å²) >= 11 is 0. The van der Waals surface area contributed by atoms with Gasteiger partial charge >= 0.3 is 0 Å². The zero-order valence-electron chi connectivity index (χ0n) is 24.1. The van der Waals surface area contributed by atoms with Crippen molar-refractivity contribution in [2.24, 2.45) is 0 Å². The second kappa shape index (κ2) is 9.87. The highest BCUT2D eigenvalue weighted by Gasteiger charge is 2.19. The van der Waals surface area contributed by atoms with E-state index in [9.17, 15) is 5.26 Å². The lowest BCUT2D eigenvalue weighted by Crippen LogP contribution is -1.97. The number of para-hydroxylation sites is 1. The maximum absolute atomic E-state index is 9.83.